The first-order chi connectivity index (χ1) is 6.20. The largest absolute Gasteiger partial charge is 0.286 e. The van der Waals surface area contributed by atoms with E-state index in [1.807, 2.05) is 12.5 Å². The molecule has 0 atom stereocenters. The van der Waals surface area contributed by atoms with Gasteiger partial charge in [0, 0.05) is 5.57 Å². The van der Waals surface area contributed by atoms with E-state index in [2.05, 4.69) is 0 Å². The van der Waals surface area contributed by atoms with E-state index in [9.17, 15) is 9.59 Å². The van der Waals surface area contributed by atoms with Crippen LogP contribution in [0.2, 0.25) is 0 Å². The second-order valence-corrected chi connectivity index (χ2v) is 4.66. The molecule has 0 aliphatic heterocycles. The second kappa shape index (κ2) is 4.67. The van der Waals surface area contributed by atoms with Crippen LogP contribution in [0, 0.1) is 0 Å². The Morgan fingerprint density at radius 2 is 1.85 bits per heavy atom. The molecular formula is C9H10O2S2. The first-order valence-electron chi connectivity index (χ1n) is 3.73. The molecule has 0 heterocycles. The predicted molar refractivity (Wildman–Crippen MR) is 58.1 cm³/mol. The molecule has 1 rings (SSSR count). The summed E-state index contributed by atoms with van der Waals surface area (Å²) in [7, 11) is 0. The van der Waals surface area contributed by atoms with Crippen molar-refractivity contribution in [3.8, 4) is 0 Å². The molecule has 0 amide bonds. The van der Waals surface area contributed by atoms with E-state index < -0.39 is 5.78 Å². The highest BCUT2D eigenvalue weighted by molar-refractivity contribution is 8.16. The lowest BCUT2D eigenvalue weighted by molar-refractivity contribution is -0.131. The molecule has 0 N–H and O–H groups in total. The Morgan fingerprint density at radius 1 is 1.23 bits per heavy atom. The topological polar surface area (TPSA) is 34.1 Å². The van der Waals surface area contributed by atoms with Crippen LogP contribution in [0.5, 0.6) is 0 Å². The summed E-state index contributed by atoms with van der Waals surface area (Å²) in [6.07, 6.45) is 8.53. The average molecular weight is 214 g/mol. The van der Waals surface area contributed by atoms with Crippen LogP contribution in [0.3, 0.4) is 0 Å². The molecule has 0 spiro atoms. The van der Waals surface area contributed by atoms with Gasteiger partial charge in [0.2, 0.25) is 11.6 Å². The summed E-state index contributed by atoms with van der Waals surface area (Å²) < 4.78 is 0.0707. The van der Waals surface area contributed by atoms with Crippen molar-refractivity contribution in [1.29, 1.82) is 0 Å². The highest BCUT2D eigenvalue weighted by atomic mass is 32.2. The number of carbonyl (C=O) groups is 2. The number of Topliss-reactive ketones (excluding diaryl/α,β-unsaturated/α-hetero) is 1. The van der Waals surface area contributed by atoms with E-state index in [-0.39, 0.29) is 10.4 Å². The van der Waals surface area contributed by atoms with Crippen molar-refractivity contribution in [3.05, 3.63) is 23.8 Å². The lowest BCUT2D eigenvalue weighted by atomic mass is 10.0. The lowest BCUT2D eigenvalue weighted by Gasteiger charge is -2.14. The van der Waals surface area contributed by atoms with Gasteiger partial charge in [0.15, 0.2) is 0 Å². The van der Waals surface area contributed by atoms with E-state index >= 15 is 0 Å². The van der Waals surface area contributed by atoms with E-state index in [1.165, 1.54) is 6.08 Å². The number of thioether (sulfide) groups is 2. The van der Waals surface area contributed by atoms with Crippen molar-refractivity contribution in [3.63, 3.8) is 0 Å². The zero-order chi connectivity index (χ0) is 9.84. The highest BCUT2D eigenvalue weighted by Crippen LogP contribution is 2.28. The quantitative estimate of drug-likeness (QED) is 0.406. The van der Waals surface area contributed by atoms with Crippen molar-refractivity contribution in [2.45, 2.75) is 4.58 Å². The minimum absolute atomic E-state index is 0.0707. The Balaban J connectivity index is 2.90. The number of carbonyl (C=O) groups excluding carboxylic acids is 2. The molecule has 0 aromatic carbocycles. The summed E-state index contributed by atoms with van der Waals surface area (Å²) >= 11 is 3.14. The van der Waals surface area contributed by atoms with Crippen molar-refractivity contribution in [2.24, 2.45) is 0 Å². The summed E-state index contributed by atoms with van der Waals surface area (Å²) in [5.74, 6) is -0.776. The SMILES string of the molecule is CSC(SC)C1=CC=CC(=O)C1=O. The Bertz CT molecular complexity index is 288. The van der Waals surface area contributed by atoms with E-state index in [1.54, 1.807) is 35.7 Å². The molecule has 0 saturated heterocycles. The molecule has 4 heteroatoms. The van der Waals surface area contributed by atoms with E-state index in [4.69, 9.17) is 0 Å². The van der Waals surface area contributed by atoms with Gasteiger partial charge in [-0.25, -0.2) is 0 Å². The summed E-state index contributed by atoms with van der Waals surface area (Å²) in [6, 6.07) is 0. The molecule has 2 nitrogen and oxygen atoms in total. The third-order valence-electron chi connectivity index (χ3n) is 1.69. The number of rotatable bonds is 3. The predicted octanol–water partition coefficient (Wildman–Crippen LogP) is 1.67. The molecule has 1 aliphatic rings. The van der Waals surface area contributed by atoms with Crippen molar-refractivity contribution in [2.75, 3.05) is 12.5 Å². The summed E-state index contributed by atoms with van der Waals surface area (Å²) in [5, 5.41) is 0. The molecule has 1 aliphatic carbocycles. The van der Waals surface area contributed by atoms with Gasteiger partial charge >= 0.3 is 0 Å². The maximum absolute atomic E-state index is 11.4. The van der Waals surface area contributed by atoms with Crippen LogP contribution in [0.15, 0.2) is 23.8 Å². The third-order valence-corrected chi connectivity index (χ3v) is 4.21. The molecule has 0 radical (unpaired) electrons. The minimum Gasteiger partial charge on any atom is -0.286 e. The maximum atomic E-state index is 11.4. The smallest absolute Gasteiger partial charge is 0.230 e. The molecule has 0 bridgehead atoms. The second-order valence-electron chi connectivity index (χ2n) is 2.48. The van der Waals surface area contributed by atoms with Gasteiger partial charge in [-0.05, 0) is 18.6 Å². The zero-order valence-electron chi connectivity index (χ0n) is 7.44. The first-order valence-corrected chi connectivity index (χ1v) is 6.30. The average Bonchev–Trinajstić information content (AvgIpc) is 2.14. The van der Waals surface area contributed by atoms with Crippen molar-refractivity contribution < 1.29 is 9.59 Å². The van der Waals surface area contributed by atoms with E-state index in [0.29, 0.717) is 5.57 Å². The van der Waals surface area contributed by atoms with Gasteiger partial charge in [-0.2, -0.15) is 0 Å². The number of hydrogen-bond acceptors (Lipinski definition) is 4. The van der Waals surface area contributed by atoms with Gasteiger partial charge in [-0.15, -0.1) is 23.5 Å². The fraction of sp³-hybridized carbons (Fsp3) is 0.333. The van der Waals surface area contributed by atoms with Crippen LogP contribution in [0.1, 0.15) is 0 Å². The van der Waals surface area contributed by atoms with Crippen LogP contribution < -0.4 is 0 Å². The fourth-order valence-electron chi connectivity index (χ4n) is 1.07. The van der Waals surface area contributed by atoms with Gasteiger partial charge < -0.3 is 0 Å². The Kier molecular flexibility index (Phi) is 3.81. The summed E-state index contributed by atoms with van der Waals surface area (Å²) in [5.41, 5.74) is 0.604. The monoisotopic (exact) mass is 214 g/mol. The van der Waals surface area contributed by atoms with Crippen LogP contribution in [-0.4, -0.2) is 28.7 Å². The Hall–Kier alpha value is -0.480. The van der Waals surface area contributed by atoms with Crippen LogP contribution in [0.25, 0.3) is 0 Å². The molecule has 0 saturated carbocycles. The number of hydrogen-bond donors (Lipinski definition) is 0. The Labute approximate surface area is 85.8 Å². The molecule has 0 fully saturated rings. The van der Waals surface area contributed by atoms with Gasteiger partial charge in [0.1, 0.15) is 0 Å². The summed E-state index contributed by atoms with van der Waals surface area (Å²) in [6.45, 7) is 0. The van der Waals surface area contributed by atoms with Gasteiger partial charge in [-0.3, -0.25) is 9.59 Å². The Morgan fingerprint density at radius 3 is 2.38 bits per heavy atom. The van der Waals surface area contributed by atoms with E-state index in [0.717, 1.165) is 0 Å². The molecule has 0 aromatic rings. The van der Waals surface area contributed by atoms with Crippen molar-refractivity contribution >= 4 is 35.1 Å². The number of ketones is 2. The highest BCUT2D eigenvalue weighted by Gasteiger charge is 2.24. The molecular weight excluding hydrogens is 204 g/mol. The standard InChI is InChI=1S/C9H10O2S2/c1-12-9(13-2)6-4-3-5-7(10)8(6)11/h3-5,9H,1-2H3. The van der Waals surface area contributed by atoms with Gasteiger partial charge in [0.05, 0.1) is 4.58 Å². The lowest BCUT2D eigenvalue weighted by Crippen LogP contribution is -2.21. The molecule has 70 valence electrons. The fourth-order valence-corrected chi connectivity index (χ4v) is 2.72. The van der Waals surface area contributed by atoms with Crippen molar-refractivity contribution in [1.82, 2.24) is 0 Å². The molecule has 13 heavy (non-hydrogen) atoms. The molecule has 0 unspecified atom stereocenters. The van der Waals surface area contributed by atoms with Gasteiger partial charge in [0.25, 0.3) is 0 Å². The number of allylic oxidation sites excluding steroid dienone is 3. The summed E-state index contributed by atoms with van der Waals surface area (Å²) in [4.78, 5) is 22.4. The van der Waals surface area contributed by atoms with Crippen LogP contribution in [0.4, 0.5) is 0 Å². The third kappa shape index (κ3) is 2.25. The first kappa shape index (κ1) is 10.6. The molecule has 0 aromatic heterocycles. The van der Waals surface area contributed by atoms with Crippen LogP contribution in [-0.2, 0) is 9.59 Å². The minimum atomic E-state index is -0.411. The van der Waals surface area contributed by atoms with Crippen LogP contribution >= 0.6 is 23.5 Å². The zero-order valence-corrected chi connectivity index (χ0v) is 9.08. The normalized spacial score (nSPS) is 16.7. The maximum Gasteiger partial charge on any atom is 0.230 e. The van der Waals surface area contributed by atoms with Gasteiger partial charge in [-0.1, -0.05) is 12.2 Å².